The van der Waals surface area contributed by atoms with E-state index in [1.165, 1.54) is 41.0 Å². The van der Waals surface area contributed by atoms with Crippen LogP contribution in [0.4, 0.5) is 0 Å². The number of carbonyl (C=O) groups is 2. The van der Waals surface area contributed by atoms with Crippen molar-refractivity contribution in [3.8, 4) is 0 Å². The summed E-state index contributed by atoms with van der Waals surface area (Å²) in [4.78, 5) is 26.0. The minimum absolute atomic E-state index is 0.0364. The maximum absolute atomic E-state index is 13.4. The Bertz CT molecular complexity index is 1480. The van der Waals surface area contributed by atoms with Gasteiger partial charge in [0.25, 0.3) is 0 Å². The molecule has 10 heteroatoms. The third kappa shape index (κ3) is 7.16. The quantitative estimate of drug-likeness (QED) is 0.310. The van der Waals surface area contributed by atoms with Gasteiger partial charge in [0.2, 0.25) is 21.8 Å². The number of nitrogens with one attached hydrogen (secondary N) is 3. The maximum Gasteiger partial charge on any atom is 0.243 e. The van der Waals surface area contributed by atoms with Crippen LogP contribution in [0.15, 0.2) is 77.7 Å². The Balaban J connectivity index is 1.21. The van der Waals surface area contributed by atoms with Gasteiger partial charge >= 0.3 is 0 Å². The van der Waals surface area contributed by atoms with E-state index in [4.69, 9.17) is 11.6 Å². The van der Waals surface area contributed by atoms with E-state index in [2.05, 4.69) is 46.3 Å². The van der Waals surface area contributed by atoms with E-state index in [-0.39, 0.29) is 36.4 Å². The summed E-state index contributed by atoms with van der Waals surface area (Å²) in [7, 11) is -3.99. The first-order valence-corrected chi connectivity index (χ1v) is 15.8. The van der Waals surface area contributed by atoms with Gasteiger partial charge in [-0.1, -0.05) is 60.1 Å². The molecule has 2 aliphatic rings. The second-order valence-corrected chi connectivity index (χ2v) is 12.9. The number of rotatable bonds is 10. The van der Waals surface area contributed by atoms with E-state index >= 15 is 0 Å². The Hall–Kier alpha value is -3.24. The van der Waals surface area contributed by atoms with Crippen molar-refractivity contribution < 1.29 is 18.0 Å². The number of amides is 2. The molecule has 1 aliphatic heterocycles. The third-order valence-corrected chi connectivity index (χ3v) is 9.87. The lowest BCUT2D eigenvalue weighted by molar-refractivity contribution is -0.132. The molecule has 0 radical (unpaired) electrons. The average molecular weight is 595 g/mol. The van der Waals surface area contributed by atoms with Crippen LogP contribution in [0.25, 0.3) is 0 Å². The molecule has 1 unspecified atom stereocenters. The van der Waals surface area contributed by atoms with Crippen molar-refractivity contribution in [2.45, 2.75) is 55.6 Å². The highest BCUT2D eigenvalue weighted by Crippen LogP contribution is 2.31. The van der Waals surface area contributed by atoms with Gasteiger partial charge < -0.3 is 16.0 Å². The molecule has 1 aliphatic carbocycles. The number of hydrogen-bond donors (Lipinski definition) is 3. The highest BCUT2D eigenvalue weighted by molar-refractivity contribution is 7.89. The molecule has 1 fully saturated rings. The van der Waals surface area contributed by atoms with Gasteiger partial charge in [-0.15, -0.1) is 0 Å². The molecule has 8 nitrogen and oxygen atoms in total. The number of nitrogens with zero attached hydrogens (tertiary/aromatic N) is 1. The Morgan fingerprint density at radius 3 is 2.59 bits per heavy atom. The van der Waals surface area contributed by atoms with Crippen LogP contribution in [-0.2, 0) is 39.0 Å². The standard InChI is InChI=1S/C31H35ClN4O4S/c32-25-10-12-26(13-11-25)41(39,40)36-18-17-34-31(38)29(36)20-30(37)35-28-8-4-7-24-19-22(9-14-27(24)28)15-16-33-21-23-5-2-1-3-6-23/h1-3,5-6,9-14,19,28-29,33H,4,7-8,15-18,20-21H2,(H,34,38)(H,35,37)/t28-,29?/m1/s1. The Morgan fingerprint density at radius 2 is 1.80 bits per heavy atom. The molecule has 0 saturated carbocycles. The minimum atomic E-state index is -3.99. The molecule has 0 aromatic heterocycles. The molecule has 2 amide bonds. The van der Waals surface area contributed by atoms with Crippen LogP contribution in [0.2, 0.25) is 5.02 Å². The van der Waals surface area contributed by atoms with E-state index in [0.29, 0.717) is 5.02 Å². The summed E-state index contributed by atoms with van der Waals surface area (Å²) in [5, 5.41) is 9.69. The maximum atomic E-state index is 13.4. The lowest BCUT2D eigenvalue weighted by Crippen LogP contribution is -2.58. The number of piperazine rings is 1. The Kier molecular flexibility index (Phi) is 9.39. The lowest BCUT2D eigenvalue weighted by Gasteiger charge is -2.34. The fourth-order valence-corrected chi connectivity index (χ4v) is 7.29. The van der Waals surface area contributed by atoms with Crippen LogP contribution >= 0.6 is 11.6 Å². The van der Waals surface area contributed by atoms with Gasteiger partial charge in [0.05, 0.1) is 17.4 Å². The van der Waals surface area contributed by atoms with E-state index in [0.717, 1.165) is 48.6 Å². The Morgan fingerprint density at radius 1 is 1.02 bits per heavy atom. The summed E-state index contributed by atoms with van der Waals surface area (Å²) < 4.78 is 27.8. The zero-order valence-corrected chi connectivity index (χ0v) is 24.4. The third-order valence-electron chi connectivity index (χ3n) is 7.70. The molecule has 3 aromatic carbocycles. The van der Waals surface area contributed by atoms with Gasteiger partial charge in [-0.05, 0) is 78.7 Å². The average Bonchev–Trinajstić information content (AvgIpc) is 2.97. The zero-order valence-electron chi connectivity index (χ0n) is 22.8. The van der Waals surface area contributed by atoms with Crippen LogP contribution in [0, 0.1) is 0 Å². The van der Waals surface area contributed by atoms with Crippen LogP contribution < -0.4 is 16.0 Å². The van der Waals surface area contributed by atoms with E-state index in [1.54, 1.807) is 0 Å². The first kappa shape index (κ1) is 29.3. The number of halogens is 1. The molecular formula is C31H35ClN4O4S. The monoisotopic (exact) mass is 594 g/mol. The first-order valence-electron chi connectivity index (χ1n) is 14.0. The van der Waals surface area contributed by atoms with E-state index in [1.807, 2.05) is 18.2 Å². The predicted octanol–water partition coefficient (Wildman–Crippen LogP) is 3.75. The molecule has 1 heterocycles. The van der Waals surface area contributed by atoms with Gasteiger partial charge in [-0.3, -0.25) is 9.59 Å². The number of sulfonamides is 1. The van der Waals surface area contributed by atoms with Gasteiger partial charge in [0, 0.05) is 24.7 Å². The van der Waals surface area contributed by atoms with Crippen molar-refractivity contribution in [2.24, 2.45) is 0 Å². The van der Waals surface area contributed by atoms with Crippen LogP contribution in [0.1, 0.15) is 47.6 Å². The summed E-state index contributed by atoms with van der Waals surface area (Å²) in [6.07, 6.45) is 3.33. The molecule has 1 saturated heterocycles. The highest BCUT2D eigenvalue weighted by atomic mass is 35.5. The number of benzene rings is 3. The molecule has 0 spiro atoms. The summed E-state index contributed by atoms with van der Waals surface area (Å²) in [6.45, 7) is 1.97. The number of aryl methyl sites for hydroxylation is 1. The molecule has 5 rings (SSSR count). The van der Waals surface area contributed by atoms with Crippen LogP contribution in [-0.4, -0.2) is 50.2 Å². The normalized spacial score (nSPS) is 19.3. The van der Waals surface area contributed by atoms with Gasteiger partial charge in [0.15, 0.2) is 0 Å². The highest BCUT2D eigenvalue weighted by Gasteiger charge is 2.40. The summed E-state index contributed by atoms with van der Waals surface area (Å²) in [5.74, 6) is -0.825. The number of fused-ring (bicyclic) bond motifs is 1. The molecular weight excluding hydrogens is 560 g/mol. The van der Waals surface area contributed by atoms with Crippen molar-refractivity contribution in [2.75, 3.05) is 19.6 Å². The molecule has 216 valence electrons. The second-order valence-electron chi connectivity index (χ2n) is 10.5. The van der Waals surface area contributed by atoms with E-state index < -0.39 is 22.0 Å². The SMILES string of the molecule is O=C(CC1C(=O)NCCN1S(=O)(=O)c1ccc(Cl)cc1)N[C@@H]1CCCc2cc(CCNCc3ccccc3)ccc21. The smallest absolute Gasteiger partial charge is 0.243 e. The fraction of sp³-hybridized carbons (Fsp3) is 0.355. The molecule has 2 atom stereocenters. The second kappa shape index (κ2) is 13.2. The molecule has 0 bridgehead atoms. The van der Waals surface area contributed by atoms with E-state index in [9.17, 15) is 18.0 Å². The van der Waals surface area contributed by atoms with Gasteiger partial charge in [0.1, 0.15) is 6.04 Å². The summed E-state index contributed by atoms with van der Waals surface area (Å²) in [6, 6.07) is 21.3. The first-order chi connectivity index (χ1) is 19.8. The Labute approximate surface area is 246 Å². The number of hydrogen-bond acceptors (Lipinski definition) is 5. The topological polar surface area (TPSA) is 108 Å². The molecule has 41 heavy (non-hydrogen) atoms. The lowest BCUT2D eigenvalue weighted by atomic mass is 9.86. The van der Waals surface area contributed by atoms with Crippen molar-refractivity contribution in [1.82, 2.24) is 20.3 Å². The molecule has 3 N–H and O–H groups in total. The van der Waals surface area contributed by atoms with Crippen molar-refractivity contribution in [1.29, 1.82) is 0 Å². The van der Waals surface area contributed by atoms with Gasteiger partial charge in [-0.25, -0.2) is 8.42 Å². The van der Waals surface area contributed by atoms with Crippen LogP contribution in [0.5, 0.6) is 0 Å². The largest absolute Gasteiger partial charge is 0.353 e. The minimum Gasteiger partial charge on any atom is -0.353 e. The molecule has 3 aromatic rings. The van der Waals surface area contributed by atoms with Crippen molar-refractivity contribution in [3.05, 3.63) is 100 Å². The number of carbonyl (C=O) groups excluding carboxylic acids is 2. The summed E-state index contributed by atoms with van der Waals surface area (Å²) in [5.41, 5.74) is 4.82. The zero-order chi connectivity index (χ0) is 28.8. The fourth-order valence-electron chi connectivity index (χ4n) is 5.58. The van der Waals surface area contributed by atoms with Crippen molar-refractivity contribution >= 4 is 33.4 Å². The van der Waals surface area contributed by atoms with Gasteiger partial charge in [-0.2, -0.15) is 4.31 Å². The van der Waals surface area contributed by atoms with Crippen LogP contribution in [0.3, 0.4) is 0 Å². The van der Waals surface area contributed by atoms with Crippen molar-refractivity contribution in [3.63, 3.8) is 0 Å². The predicted molar refractivity (Wildman–Crippen MR) is 159 cm³/mol. The summed E-state index contributed by atoms with van der Waals surface area (Å²) >= 11 is 5.93.